The zero-order chi connectivity index (χ0) is 19.2. The molecular weight excluding hydrogens is 345 g/mol. The topological polar surface area (TPSA) is 62.3 Å². The second-order valence-electron chi connectivity index (χ2n) is 5.90. The molecule has 1 N–H and O–H groups in total. The third-order valence-corrected chi connectivity index (χ3v) is 4.08. The Labute approximate surface area is 156 Å². The van der Waals surface area contributed by atoms with Gasteiger partial charge in [0.05, 0.1) is 0 Å². The van der Waals surface area contributed by atoms with Gasteiger partial charge in [-0.1, -0.05) is 36.4 Å². The van der Waals surface area contributed by atoms with E-state index in [1.165, 1.54) is 23.2 Å². The predicted molar refractivity (Wildman–Crippen MR) is 101 cm³/mol. The monoisotopic (exact) mass is 363 g/mol. The third-order valence-electron chi connectivity index (χ3n) is 4.08. The molecule has 2 aromatic carbocycles. The van der Waals surface area contributed by atoms with E-state index in [4.69, 9.17) is 0 Å². The number of benzene rings is 2. The summed E-state index contributed by atoms with van der Waals surface area (Å²) in [5.74, 6) is -1.12. The van der Waals surface area contributed by atoms with Crippen LogP contribution in [0.15, 0.2) is 72.9 Å². The molecule has 1 heterocycles. The van der Waals surface area contributed by atoms with E-state index in [9.17, 15) is 14.0 Å². The van der Waals surface area contributed by atoms with E-state index >= 15 is 0 Å². The molecule has 0 unspecified atom stereocenters. The summed E-state index contributed by atoms with van der Waals surface area (Å²) in [7, 11) is 1.66. The maximum atomic E-state index is 13.6. The van der Waals surface area contributed by atoms with Gasteiger partial charge in [0.2, 0.25) is 0 Å². The molecule has 0 fully saturated rings. The van der Waals surface area contributed by atoms with Crippen molar-refractivity contribution in [3.8, 4) is 0 Å². The number of carbonyl (C=O) groups is 2. The van der Waals surface area contributed by atoms with Crippen LogP contribution < -0.4 is 10.2 Å². The Balaban J connectivity index is 1.72. The highest BCUT2D eigenvalue weighted by molar-refractivity contribution is 6.06. The zero-order valence-corrected chi connectivity index (χ0v) is 14.7. The molecule has 3 aromatic rings. The van der Waals surface area contributed by atoms with Crippen molar-refractivity contribution < 1.29 is 14.0 Å². The Morgan fingerprint density at radius 2 is 1.74 bits per heavy atom. The molecule has 0 aliphatic rings. The molecule has 6 heteroatoms. The fourth-order valence-electron chi connectivity index (χ4n) is 2.56. The fourth-order valence-corrected chi connectivity index (χ4v) is 2.56. The zero-order valence-electron chi connectivity index (χ0n) is 14.7. The second kappa shape index (κ2) is 8.23. The Morgan fingerprint density at radius 1 is 1.04 bits per heavy atom. The highest BCUT2D eigenvalue weighted by Crippen LogP contribution is 2.15. The van der Waals surface area contributed by atoms with Crippen molar-refractivity contribution >= 4 is 17.5 Å². The van der Waals surface area contributed by atoms with Crippen LogP contribution in [0, 0.1) is 5.82 Å². The number of amides is 2. The van der Waals surface area contributed by atoms with Gasteiger partial charge in [-0.2, -0.15) is 0 Å². The standard InChI is InChI=1S/C21H18FN3O2/c1-25(17-8-3-2-4-9-17)21(27)15-11-12-23-19(13-15)20(26)24-14-16-7-5-6-10-18(16)22/h2-13H,14H2,1H3,(H,24,26). The lowest BCUT2D eigenvalue weighted by Gasteiger charge is -2.17. The molecule has 2 amide bonds. The Kier molecular flexibility index (Phi) is 5.56. The van der Waals surface area contributed by atoms with Gasteiger partial charge in [-0.05, 0) is 30.3 Å². The summed E-state index contributed by atoms with van der Waals surface area (Å²) in [6, 6.07) is 18.4. The van der Waals surface area contributed by atoms with Crippen LogP contribution in [0.25, 0.3) is 0 Å². The van der Waals surface area contributed by atoms with Crippen molar-refractivity contribution in [2.45, 2.75) is 6.54 Å². The van der Waals surface area contributed by atoms with E-state index < -0.39 is 5.91 Å². The molecule has 136 valence electrons. The molecule has 0 spiro atoms. The van der Waals surface area contributed by atoms with Gasteiger partial charge in [0.25, 0.3) is 11.8 Å². The quantitative estimate of drug-likeness (QED) is 0.755. The highest BCUT2D eigenvalue weighted by Gasteiger charge is 2.16. The van der Waals surface area contributed by atoms with E-state index in [0.29, 0.717) is 11.1 Å². The number of nitrogens with zero attached hydrogens (tertiary/aromatic N) is 2. The van der Waals surface area contributed by atoms with Crippen LogP contribution in [0.4, 0.5) is 10.1 Å². The summed E-state index contributed by atoms with van der Waals surface area (Å²) in [5.41, 5.74) is 1.55. The van der Waals surface area contributed by atoms with Gasteiger partial charge in [0.15, 0.2) is 0 Å². The SMILES string of the molecule is CN(C(=O)c1ccnc(C(=O)NCc2ccccc2F)c1)c1ccccc1. The molecule has 0 saturated carbocycles. The van der Waals surface area contributed by atoms with Crippen molar-refractivity contribution in [3.63, 3.8) is 0 Å². The van der Waals surface area contributed by atoms with Gasteiger partial charge in [0.1, 0.15) is 11.5 Å². The molecule has 0 saturated heterocycles. The Morgan fingerprint density at radius 3 is 2.48 bits per heavy atom. The molecule has 0 aliphatic carbocycles. The first kappa shape index (κ1) is 18.3. The average molecular weight is 363 g/mol. The molecule has 0 aliphatic heterocycles. The van der Waals surface area contributed by atoms with Gasteiger partial charge in [0, 0.05) is 36.6 Å². The number of pyridine rings is 1. The first-order valence-electron chi connectivity index (χ1n) is 8.37. The minimum Gasteiger partial charge on any atom is -0.347 e. The number of halogens is 1. The van der Waals surface area contributed by atoms with E-state index in [1.54, 1.807) is 31.3 Å². The van der Waals surface area contributed by atoms with Crippen LogP contribution in [0.1, 0.15) is 26.4 Å². The first-order valence-corrected chi connectivity index (χ1v) is 8.37. The molecule has 3 rings (SSSR count). The van der Waals surface area contributed by atoms with Crippen molar-refractivity contribution in [1.29, 1.82) is 0 Å². The molecule has 0 bridgehead atoms. The van der Waals surface area contributed by atoms with Crippen molar-refractivity contribution in [2.75, 3.05) is 11.9 Å². The number of carbonyl (C=O) groups excluding carboxylic acids is 2. The van der Waals surface area contributed by atoms with Gasteiger partial charge in [-0.25, -0.2) is 4.39 Å². The summed E-state index contributed by atoms with van der Waals surface area (Å²) in [6.45, 7) is 0.0370. The molecule has 27 heavy (non-hydrogen) atoms. The minimum absolute atomic E-state index is 0.0370. The number of hydrogen-bond acceptors (Lipinski definition) is 3. The minimum atomic E-state index is -0.477. The van der Waals surface area contributed by atoms with E-state index in [2.05, 4.69) is 10.3 Å². The van der Waals surface area contributed by atoms with Crippen LogP contribution >= 0.6 is 0 Å². The van der Waals surface area contributed by atoms with Crippen LogP contribution in [0.2, 0.25) is 0 Å². The summed E-state index contributed by atoms with van der Waals surface area (Å²) in [5, 5.41) is 2.62. The Hall–Kier alpha value is -3.54. The number of para-hydroxylation sites is 1. The maximum Gasteiger partial charge on any atom is 0.270 e. The fraction of sp³-hybridized carbons (Fsp3) is 0.0952. The lowest BCUT2D eigenvalue weighted by molar-refractivity contribution is 0.0945. The van der Waals surface area contributed by atoms with Crippen LogP contribution in [0.3, 0.4) is 0 Å². The lowest BCUT2D eigenvalue weighted by Crippen LogP contribution is -2.28. The van der Waals surface area contributed by atoms with Gasteiger partial charge >= 0.3 is 0 Å². The van der Waals surface area contributed by atoms with E-state index in [1.807, 2.05) is 30.3 Å². The first-order chi connectivity index (χ1) is 13.1. The summed E-state index contributed by atoms with van der Waals surface area (Å²) < 4.78 is 13.6. The summed E-state index contributed by atoms with van der Waals surface area (Å²) >= 11 is 0. The van der Waals surface area contributed by atoms with Crippen molar-refractivity contribution in [3.05, 3.63) is 95.6 Å². The maximum absolute atomic E-state index is 13.6. The average Bonchev–Trinajstić information content (AvgIpc) is 2.72. The second-order valence-corrected chi connectivity index (χ2v) is 5.90. The number of anilines is 1. The third kappa shape index (κ3) is 4.36. The number of nitrogens with one attached hydrogen (secondary N) is 1. The van der Waals surface area contributed by atoms with Crippen molar-refractivity contribution in [2.24, 2.45) is 0 Å². The summed E-state index contributed by atoms with van der Waals surface area (Å²) in [6.07, 6.45) is 1.41. The molecule has 0 atom stereocenters. The molecule has 0 radical (unpaired) electrons. The number of rotatable bonds is 5. The number of hydrogen-bond donors (Lipinski definition) is 1. The summed E-state index contributed by atoms with van der Waals surface area (Å²) in [4.78, 5) is 30.5. The number of aromatic nitrogens is 1. The highest BCUT2D eigenvalue weighted by atomic mass is 19.1. The largest absolute Gasteiger partial charge is 0.347 e. The van der Waals surface area contributed by atoms with E-state index in [0.717, 1.165) is 5.69 Å². The van der Waals surface area contributed by atoms with E-state index in [-0.39, 0.29) is 24.0 Å². The normalized spacial score (nSPS) is 10.3. The van der Waals surface area contributed by atoms with Gasteiger partial charge in [-0.15, -0.1) is 0 Å². The van der Waals surface area contributed by atoms with Crippen molar-refractivity contribution in [1.82, 2.24) is 10.3 Å². The molecule has 1 aromatic heterocycles. The smallest absolute Gasteiger partial charge is 0.270 e. The van der Waals surface area contributed by atoms with Crippen LogP contribution in [-0.2, 0) is 6.54 Å². The van der Waals surface area contributed by atoms with Gasteiger partial charge < -0.3 is 10.2 Å². The van der Waals surface area contributed by atoms with Crippen LogP contribution in [0.5, 0.6) is 0 Å². The molecular formula is C21H18FN3O2. The lowest BCUT2D eigenvalue weighted by atomic mass is 10.1. The molecule has 5 nitrogen and oxygen atoms in total. The predicted octanol–water partition coefficient (Wildman–Crippen LogP) is 3.43. The Bertz CT molecular complexity index is 960. The van der Waals surface area contributed by atoms with Crippen LogP contribution in [-0.4, -0.2) is 23.8 Å². The van der Waals surface area contributed by atoms with Gasteiger partial charge in [-0.3, -0.25) is 14.6 Å².